The first-order valence-electron chi connectivity index (χ1n) is 8.98. The van der Waals surface area contributed by atoms with Gasteiger partial charge in [-0.05, 0) is 39.5 Å². The zero-order chi connectivity index (χ0) is 16.7. The van der Waals surface area contributed by atoms with Crippen LogP contribution in [0, 0.1) is 19.8 Å². The monoisotopic (exact) mass is 448 g/mol. The quantitative estimate of drug-likeness (QED) is 0.387. The summed E-state index contributed by atoms with van der Waals surface area (Å²) in [6.07, 6.45) is 9.63. The van der Waals surface area contributed by atoms with Crippen molar-refractivity contribution in [2.45, 2.75) is 78.3 Å². The van der Waals surface area contributed by atoms with E-state index in [0.29, 0.717) is 18.5 Å². The topological polar surface area (TPSA) is 62.5 Å². The van der Waals surface area contributed by atoms with Gasteiger partial charge in [0.15, 0.2) is 5.96 Å². The van der Waals surface area contributed by atoms with Crippen LogP contribution >= 0.6 is 24.0 Å². The Hall–Kier alpha value is -0.790. The molecule has 1 fully saturated rings. The van der Waals surface area contributed by atoms with Gasteiger partial charge in [0.2, 0.25) is 5.89 Å². The van der Waals surface area contributed by atoms with E-state index in [0.717, 1.165) is 23.3 Å². The molecule has 5 nitrogen and oxygen atoms in total. The van der Waals surface area contributed by atoms with Gasteiger partial charge in [0.1, 0.15) is 5.76 Å². The van der Waals surface area contributed by atoms with Gasteiger partial charge in [-0.25, -0.2) is 4.98 Å². The molecule has 1 aromatic heterocycles. The smallest absolute Gasteiger partial charge is 0.214 e. The standard InChI is InChI=1S/C18H32N4O.HI/c1-13(10-11-16-8-6-5-7-9-16)21-18(19-4)20-12-17-22-14(2)15(3)23-17;/h13,16H,5-12H2,1-4H3,(H2,19,20,21);1H. The van der Waals surface area contributed by atoms with Gasteiger partial charge in [-0.2, -0.15) is 0 Å². The maximum Gasteiger partial charge on any atom is 0.214 e. The van der Waals surface area contributed by atoms with Gasteiger partial charge in [0, 0.05) is 13.1 Å². The lowest BCUT2D eigenvalue weighted by Crippen LogP contribution is -2.42. The molecule has 1 unspecified atom stereocenters. The fourth-order valence-corrected chi connectivity index (χ4v) is 3.24. The first-order valence-corrected chi connectivity index (χ1v) is 8.98. The minimum atomic E-state index is 0. The minimum absolute atomic E-state index is 0. The zero-order valence-corrected chi connectivity index (χ0v) is 17.9. The molecule has 0 aliphatic heterocycles. The van der Waals surface area contributed by atoms with Crippen LogP contribution in [0.25, 0.3) is 0 Å². The van der Waals surface area contributed by atoms with Crippen molar-refractivity contribution in [3.05, 3.63) is 17.3 Å². The van der Waals surface area contributed by atoms with E-state index < -0.39 is 0 Å². The number of rotatable bonds is 6. The molecule has 0 bridgehead atoms. The van der Waals surface area contributed by atoms with E-state index in [1.807, 2.05) is 13.8 Å². The van der Waals surface area contributed by atoms with Gasteiger partial charge in [0.25, 0.3) is 0 Å². The largest absolute Gasteiger partial charge is 0.444 e. The summed E-state index contributed by atoms with van der Waals surface area (Å²) in [5.74, 6) is 3.33. The number of oxazole rings is 1. The molecule has 1 saturated carbocycles. The van der Waals surface area contributed by atoms with E-state index in [4.69, 9.17) is 4.42 Å². The molecule has 1 heterocycles. The number of nitrogens with zero attached hydrogens (tertiary/aromatic N) is 2. The zero-order valence-electron chi connectivity index (χ0n) is 15.5. The molecule has 0 spiro atoms. The summed E-state index contributed by atoms with van der Waals surface area (Å²) in [6.45, 7) is 6.69. The van der Waals surface area contributed by atoms with Crippen molar-refractivity contribution in [2.75, 3.05) is 7.05 Å². The first-order chi connectivity index (χ1) is 11.1. The third kappa shape index (κ3) is 6.99. The molecule has 2 rings (SSSR count). The molecule has 24 heavy (non-hydrogen) atoms. The van der Waals surface area contributed by atoms with E-state index in [1.165, 1.54) is 44.9 Å². The van der Waals surface area contributed by atoms with Crippen LogP contribution in [0.4, 0.5) is 0 Å². The molecule has 0 radical (unpaired) electrons. The van der Waals surface area contributed by atoms with E-state index >= 15 is 0 Å². The van der Waals surface area contributed by atoms with Crippen molar-refractivity contribution in [3.63, 3.8) is 0 Å². The molecule has 2 N–H and O–H groups in total. The van der Waals surface area contributed by atoms with E-state index in [2.05, 4.69) is 27.5 Å². The Morgan fingerprint density at radius 1 is 1.29 bits per heavy atom. The summed E-state index contributed by atoms with van der Waals surface area (Å²) in [4.78, 5) is 8.67. The second kappa shape index (κ2) is 10.9. The molecular weight excluding hydrogens is 415 g/mol. The van der Waals surface area contributed by atoms with E-state index in [9.17, 15) is 0 Å². The highest BCUT2D eigenvalue weighted by molar-refractivity contribution is 14.0. The highest BCUT2D eigenvalue weighted by atomic mass is 127. The van der Waals surface area contributed by atoms with Crippen molar-refractivity contribution < 1.29 is 4.42 Å². The number of aryl methyl sites for hydroxylation is 2. The predicted octanol–water partition coefficient (Wildman–Crippen LogP) is 4.32. The van der Waals surface area contributed by atoms with Gasteiger partial charge in [-0.15, -0.1) is 24.0 Å². The number of aromatic nitrogens is 1. The number of guanidine groups is 1. The second-order valence-electron chi connectivity index (χ2n) is 6.80. The molecule has 0 amide bonds. The summed E-state index contributed by atoms with van der Waals surface area (Å²) < 4.78 is 5.58. The average molecular weight is 448 g/mol. The van der Waals surface area contributed by atoms with Crippen molar-refractivity contribution in [1.82, 2.24) is 15.6 Å². The molecule has 0 aromatic carbocycles. The predicted molar refractivity (Wildman–Crippen MR) is 110 cm³/mol. The molecule has 1 aromatic rings. The summed E-state index contributed by atoms with van der Waals surface area (Å²) in [6, 6.07) is 0.427. The number of hydrogen-bond donors (Lipinski definition) is 2. The van der Waals surface area contributed by atoms with Crippen LogP contribution < -0.4 is 10.6 Å². The lowest BCUT2D eigenvalue weighted by molar-refractivity contribution is 0.322. The Labute approximate surface area is 163 Å². The van der Waals surface area contributed by atoms with Crippen LogP contribution in [0.15, 0.2) is 9.41 Å². The van der Waals surface area contributed by atoms with Gasteiger partial charge in [-0.3, -0.25) is 4.99 Å². The van der Waals surface area contributed by atoms with E-state index in [-0.39, 0.29) is 24.0 Å². The molecule has 1 atom stereocenters. The Morgan fingerprint density at radius 2 is 2.00 bits per heavy atom. The Morgan fingerprint density at radius 3 is 2.58 bits per heavy atom. The normalized spacial score (nSPS) is 17.2. The van der Waals surface area contributed by atoms with Gasteiger partial charge in [-0.1, -0.05) is 32.1 Å². The van der Waals surface area contributed by atoms with Crippen LogP contribution in [0.3, 0.4) is 0 Å². The molecule has 1 aliphatic carbocycles. The first kappa shape index (κ1) is 21.3. The summed E-state index contributed by atoms with van der Waals surface area (Å²) in [5, 5.41) is 6.75. The fourth-order valence-electron chi connectivity index (χ4n) is 3.24. The van der Waals surface area contributed by atoms with Gasteiger partial charge >= 0.3 is 0 Å². The number of halogens is 1. The Kier molecular flexibility index (Phi) is 9.69. The third-order valence-corrected chi connectivity index (χ3v) is 4.82. The SMILES string of the molecule is CN=C(NCc1nc(C)c(C)o1)NC(C)CCC1CCCCC1.I. The van der Waals surface area contributed by atoms with Crippen molar-refractivity contribution in [3.8, 4) is 0 Å². The minimum Gasteiger partial charge on any atom is -0.444 e. The highest BCUT2D eigenvalue weighted by Crippen LogP contribution is 2.27. The molecular formula is C18H33IN4O. The van der Waals surface area contributed by atoms with Gasteiger partial charge in [0.05, 0.1) is 12.2 Å². The number of aliphatic imine (C=N–C) groups is 1. The maximum absolute atomic E-state index is 5.58. The van der Waals surface area contributed by atoms with Crippen molar-refractivity contribution in [2.24, 2.45) is 10.9 Å². The summed E-state index contributed by atoms with van der Waals surface area (Å²) >= 11 is 0. The average Bonchev–Trinajstić information content (AvgIpc) is 2.88. The molecule has 0 saturated heterocycles. The summed E-state index contributed by atoms with van der Waals surface area (Å²) in [7, 11) is 1.80. The molecule has 138 valence electrons. The lowest BCUT2D eigenvalue weighted by Gasteiger charge is -2.24. The lowest BCUT2D eigenvalue weighted by atomic mass is 9.85. The van der Waals surface area contributed by atoms with Crippen LogP contribution in [-0.2, 0) is 6.54 Å². The summed E-state index contributed by atoms with van der Waals surface area (Å²) in [5.41, 5.74) is 0.950. The number of hydrogen-bond acceptors (Lipinski definition) is 3. The third-order valence-electron chi connectivity index (χ3n) is 4.82. The van der Waals surface area contributed by atoms with Gasteiger partial charge < -0.3 is 15.1 Å². The van der Waals surface area contributed by atoms with Crippen LogP contribution in [0.2, 0.25) is 0 Å². The van der Waals surface area contributed by atoms with Crippen LogP contribution in [0.5, 0.6) is 0 Å². The van der Waals surface area contributed by atoms with Crippen molar-refractivity contribution >= 4 is 29.9 Å². The Balaban J connectivity index is 0.00000288. The maximum atomic E-state index is 5.58. The number of nitrogens with one attached hydrogen (secondary N) is 2. The highest BCUT2D eigenvalue weighted by Gasteiger charge is 2.15. The molecule has 6 heteroatoms. The van der Waals surface area contributed by atoms with Crippen molar-refractivity contribution in [1.29, 1.82) is 0 Å². The molecule has 1 aliphatic rings. The Bertz CT molecular complexity index is 490. The van der Waals surface area contributed by atoms with Crippen LogP contribution in [-0.4, -0.2) is 24.0 Å². The van der Waals surface area contributed by atoms with E-state index in [1.54, 1.807) is 7.05 Å². The fraction of sp³-hybridized carbons (Fsp3) is 0.778. The second-order valence-corrected chi connectivity index (χ2v) is 6.80. The van der Waals surface area contributed by atoms with Crippen LogP contribution in [0.1, 0.15) is 69.2 Å².